The molecular formula is C10H10I4O. The Balaban J connectivity index is 3.52. The fraction of sp³-hybridized carbons (Fsp3) is 0.400. The van der Waals surface area contributed by atoms with Crippen LogP contribution in [-0.4, -0.2) is 5.11 Å². The number of hydrogen-bond acceptors (Lipinski definition) is 1. The molecule has 0 amide bonds. The van der Waals surface area contributed by atoms with Crippen LogP contribution in [0.15, 0.2) is 0 Å². The highest BCUT2D eigenvalue weighted by atomic mass is 127. The molecule has 5 heteroatoms. The third kappa shape index (κ3) is 3.04. The molecule has 15 heavy (non-hydrogen) atoms. The topological polar surface area (TPSA) is 20.2 Å². The lowest BCUT2D eigenvalue weighted by Crippen LogP contribution is -2.02. The zero-order valence-electron chi connectivity index (χ0n) is 8.24. The first-order chi connectivity index (χ1) is 6.91. The quantitative estimate of drug-likeness (QED) is 0.260. The summed E-state index contributed by atoms with van der Waals surface area (Å²) >= 11 is 9.20. The standard InChI is InChI=1S/C10H10I4O/c1-3-4(2)5-6(11)7(12)8(13)9(14)10(5)15/h4,15H,3H2,1-2H3. The molecule has 1 aromatic carbocycles. The SMILES string of the molecule is CCC(C)c1c(O)c(I)c(I)c(I)c1I. The van der Waals surface area contributed by atoms with Crippen LogP contribution in [0.5, 0.6) is 5.75 Å². The highest BCUT2D eigenvalue weighted by Crippen LogP contribution is 2.41. The normalized spacial score (nSPS) is 12.9. The van der Waals surface area contributed by atoms with Crippen molar-refractivity contribution in [1.82, 2.24) is 0 Å². The van der Waals surface area contributed by atoms with Gasteiger partial charge in [-0.25, -0.2) is 0 Å². The van der Waals surface area contributed by atoms with Crippen LogP contribution in [0, 0.1) is 14.3 Å². The van der Waals surface area contributed by atoms with Gasteiger partial charge < -0.3 is 5.11 Å². The Hall–Kier alpha value is 1.94. The summed E-state index contributed by atoms with van der Waals surface area (Å²) in [5, 5.41) is 10.2. The minimum atomic E-state index is 0.413. The predicted octanol–water partition coefficient (Wildman–Crippen LogP) is 5.32. The Morgan fingerprint density at radius 3 is 1.93 bits per heavy atom. The van der Waals surface area contributed by atoms with Crippen LogP contribution in [-0.2, 0) is 0 Å². The van der Waals surface area contributed by atoms with Crippen molar-refractivity contribution in [2.75, 3.05) is 0 Å². The smallest absolute Gasteiger partial charge is 0.134 e. The van der Waals surface area contributed by atoms with Gasteiger partial charge in [0.25, 0.3) is 0 Å². The average Bonchev–Trinajstić information content (AvgIpc) is 2.23. The summed E-state index contributed by atoms with van der Waals surface area (Å²) < 4.78 is 4.59. The van der Waals surface area contributed by atoms with E-state index in [4.69, 9.17) is 0 Å². The molecule has 1 N–H and O–H groups in total. The number of rotatable bonds is 2. The van der Waals surface area contributed by atoms with Crippen molar-refractivity contribution in [1.29, 1.82) is 0 Å². The molecule has 0 aliphatic rings. The van der Waals surface area contributed by atoms with E-state index in [0.29, 0.717) is 11.7 Å². The van der Waals surface area contributed by atoms with E-state index in [-0.39, 0.29) is 0 Å². The summed E-state index contributed by atoms with van der Waals surface area (Å²) in [6.45, 7) is 4.31. The molecule has 0 saturated carbocycles. The molecule has 0 bridgehead atoms. The van der Waals surface area contributed by atoms with E-state index in [2.05, 4.69) is 104 Å². The fourth-order valence-electron chi connectivity index (χ4n) is 1.29. The van der Waals surface area contributed by atoms with Crippen LogP contribution in [0.3, 0.4) is 0 Å². The van der Waals surface area contributed by atoms with Gasteiger partial charge in [0.15, 0.2) is 0 Å². The van der Waals surface area contributed by atoms with Crippen molar-refractivity contribution >= 4 is 90.4 Å². The lowest BCUT2D eigenvalue weighted by atomic mass is 9.98. The Kier molecular flexibility index (Phi) is 6.21. The molecule has 1 atom stereocenters. The molecule has 1 rings (SSSR count). The third-order valence-electron chi connectivity index (χ3n) is 2.38. The van der Waals surface area contributed by atoms with Crippen molar-refractivity contribution in [2.45, 2.75) is 26.2 Å². The first-order valence-electron chi connectivity index (χ1n) is 4.46. The lowest BCUT2D eigenvalue weighted by molar-refractivity contribution is 0.456. The van der Waals surface area contributed by atoms with E-state index in [1.54, 1.807) is 0 Å². The number of halogens is 4. The molecule has 1 aromatic rings. The number of benzene rings is 1. The maximum absolute atomic E-state index is 10.2. The van der Waals surface area contributed by atoms with E-state index in [0.717, 1.165) is 19.1 Å². The summed E-state index contributed by atoms with van der Waals surface area (Å²) in [7, 11) is 0. The van der Waals surface area contributed by atoms with Gasteiger partial charge in [0.1, 0.15) is 5.75 Å². The number of phenolic OH excluding ortho intramolecular Hbond substituents is 1. The average molecular weight is 654 g/mol. The lowest BCUT2D eigenvalue weighted by Gasteiger charge is -2.17. The monoisotopic (exact) mass is 654 g/mol. The summed E-state index contributed by atoms with van der Waals surface area (Å²) in [5.74, 6) is 0.884. The Labute approximate surface area is 145 Å². The van der Waals surface area contributed by atoms with Gasteiger partial charge in [0, 0.05) is 16.3 Å². The van der Waals surface area contributed by atoms with Crippen molar-refractivity contribution < 1.29 is 5.11 Å². The highest BCUT2D eigenvalue weighted by molar-refractivity contribution is 14.1. The van der Waals surface area contributed by atoms with E-state index < -0.39 is 0 Å². The Bertz CT molecular complexity index is 360. The van der Waals surface area contributed by atoms with Crippen LogP contribution in [0.4, 0.5) is 0 Å². The van der Waals surface area contributed by atoms with Crippen molar-refractivity contribution in [3.63, 3.8) is 0 Å². The molecule has 1 unspecified atom stereocenters. The predicted molar refractivity (Wildman–Crippen MR) is 97.7 cm³/mol. The molecule has 0 spiro atoms. The zero-order chi connectivity index (χ0) is 11.7. The summed E-state index contributed by atoms with van der Waals surface area (Å²) in [4.78, 5) is 0. The van der Waals surface area contributed by atoms with E-state index >= 15 is 0 Å². The second-order valence-electron chi connectivity index (χ2n) is 3.33. The van der Waals surface area contributed by atoms with Crippen molar-refractivity contribution in [2.24, 2.45) is 0 Å². The van der Waals surface area contributed by atoms with Gasteiger partial charge in [-0.3, -0.25) is 0 Å². The number of phenols is 1. The molecule has 0 radical (unpaired) electrons. The van der Waals surface area contributed by atoms with E-state index in [1.165, 1.54) is 7.14 Å². The highest BCUT2D eigenvalue weighted by Gasteiger charge is 2.21. The van der Waals surface area contributed by atoms with Crippen molar-refractivity contribution in [3.8, 4) is 5.75 Å². The van der Waals surface area contributed by atoms with Crippen LogP contribution in [0.25, 0.3) is 0 Å². The molecule has 0 heterocycles. The second kappa shape index (κ2) is 6.21. The van der Waals surface area contributed by atoms with Gasteiger partial charge in [0.05, 0.1) is 3.57 Å². The molecule has 0 aromatic heterocycles. The third-order valence-corrected chi connectivity index (χ3v) is 9.81. The minimum absolute atomic E-state index is 0.413. The van der Waals surface area contributed by atoms with Crippen LogP contribution < -0.4 is 0 Å². The van der Waals surface area contributed by atoms with Gasteiger partial charge in [0.2, 0.25) is 0 Å². The first kappa shape index (κ1) is 15.0. The minimum Gasteiger partial charge on any atom is -0.506 e. The van der Waals surface area contributed by atoms with Gasteiger partial charge in [-0.15, -0.1) is 0 Å². The number of hydrogen-bond donors (Lipinski definition) is 1. The van der Waals surface area contributed by atoms with Crippen LogP contribution in [0.2, 0.25) is 0 Å². The van der Waals surface area contributed by atoms with E-state index in [1.807, 2.05) is 0 Å². The summed E-state index contributed by atoms with van der Waals surface area (Å²) in [6.07, 6.45) is 1.05. The molecule has 0 aliphatic carbocycles. The Morgan fingerprint density at radius 2 is 1.47 bits per heavy atom. The second-order valence-corrected chi connectivity index (χ2v) is 7.64. The molecule has 1 nitrogen and oxygen atoms in total. The van der Waals surface area contributed by atoms with Crippen LogP contribution >= 0.6 is 90.4 Å². The van der Waals surface area contributed by atoms with Crippen LogP contribution in [0.1, 0.15) is 31.7 Å². The molecule has 84 valence electrons. The fourth-order valence-corrected chi connectivity index (χ4v) is 5.03. The van der Waals surface area contributed by atoms with E-state index in [9.17, 15) is 5.11 Å². The number of aromatic hydroxyl groups is 1. The maximum Gasteiger partial charge on any atom is 0.134 e. The molecular weight excluding hydrogens is 644 g/mol. The first-order valence-corrected chi connectivity index (χ1v) is 8.78. The zero-order valence-corrected chi connectivity index (χ0v) is 16.9. The molecule has 0 fully saturated rings. The molecule has 0 aliphatic heterocycles. The maximum atomic E-state index is 10.2. The largest absolute Gasteiger partial charge is 0.506 e. The van der Waals surface area contributed by atoms with Gasteiger partial charge in [-0.1, -0.05) is 13.8 Å². The Morgan fingerprint density at radius 1 is 1.00 bits per heavy atom. The van der Waals surface area contributed by atoms with Crippen molar-refractivity contribution in [3.05, 3.63) is 19.8 Å². The van der Waals surface area contributed by atoms with Gasteiger partial charge in [-0.2, -0.15) is 0 Å². The van der Waals surface area contributed by atoms with Gasteiger partial charge in [-0.05, 0) is 103 Å². The summed E-state index contributed by atoms with van der Waals surface area (Å²) in [5.41, 5.74) is 1.10. The van der Waals surface area contributed by atoms with Gasteiger partial charge >= 0.3 is 0 Å². The molecule has 0 saturated heterocycles. The summed E-state index contributed by atoms with van der Waals surface area (Å²) in [6, 6.07) is 0.